The number of hydrogen-bond acceptors (Lipinski definition) is 11. The average molecular weight is 630 g/mol. The highest BCUT2D eigenvalue weighted by molar-refractivity contribution is 7.86. The summed E-state index contributed by atoms with van der Waals surface area (Å²) in [6.45, 7) is -0.596. The fourth-order valence-electron chi connectivity index (χ4n) is 2.73. The van der Waals surface area contributed by atoms with Gasteiger partial charge in [-0.15, -0.1) is 0 Å². The number of rotatable bonds is 20. The van der Waals surface area contributed by atoms with Crippen LogP contribution in [-0.4, -0.2) is 106 Å². The topological polar surface area (TPSA) is 147 Å². The van der Waals surface area contributed by atoms with Crippen molar-refractivity contribution in [3.8, 4) is 0 Å². The molecule has 0 saturated heterocycles. The van der Waals surface area contributed by atoms with Crippen LogP contribution in [0.1, 0.15) is 27.7 Å². The smallest absolute Gasteiger partial charge is 0.411 e. The number of ether oxygens (including phenoxy) is 4. The van der Waals surface area contributed by atoms with Crippen LogP contribution in [-0.2, 0) is 47.8 Å². The van der Waals surface area contributed by atoms with Gasteiger partial charge in [0.15, 0.2) is 0 Å². The Bertz CT molecular complexity index is 865. The summed E-state index contributed by atoms with van der Waals surface area (Å²) >= 11 is 0. The van der Waals surface area contributed by atoms with Crippen LogP contribution in [0.15, 0.2) is 0 Å². The molecule has 0 radical (unpaired) electrons. The zero-order valence-electron chi connectivity index (χ0n) is 22.1. The monoisotopic (exact) mass is 629 g/mol. The molecule has 0 heterocycles. The average Bonchev–Trinajstić information content (AvgIpc) is 2.68. The zero-order valence-corrected chi connectivity index (χ0v) is 23.8. The fraction of sp³-hybridized carbons (Fsp3) is 1.00. The van der Waals surface area contributed by atoms with Gasteiger partial charge in [0.05, 0.1) is 59.1 Å². The SMILES string of the molecule is CC(C)(COCC(C)(COCC(F)(F)F)COS(C)(=O)=O)COCC(C)(COCC(F)(F)F)COS(=O)(=O)[O-]. The Labute approximate surface area is 224 Å². The first-order valence-electron chi connectivity index (χ1n) is 11.1. The third-order valence-electron chi connectivity index (χ3n) is 4.49. The maximum absolute atomic E-state index is 12.4. The van der Waals surface area contributed by atoms with Crippen molar-refractivity contribution in [1.29, 1.82) is 0 Å². The standard InChI is InChI=1S/C20H36F6O11S2/c1-16(2,6-32-8-17(3,12-36-38(5,27)28)10-34-14-19(21,22)23)7-33-9-18(4,13-37-39(29,30)31)11-35-15-20(24,25)26/h6-15H2,1-5H3,(H,29,30,31)/p-1. The van der Waals surface area contributed by atoms with E-state index < -0.39 is 88.8 Å². The highest BCUT2D eigenvalue weighted by Crippen LogP contribution is 2.26. The molecule has 0 saturated carbocycles. The molecular formula is C20H35F6O11S2-. The number of halogens is 6. The lowest BCUT2D eigenvalue weighted by Crippen LogP contribution is -2.39. The molecule has 0 aliphatic carbocycles. The molecule has 0 aromatic carbocycles. The van der Waals surface area contributed by atoms with Crippen LogP contribution < -0.4 is 0 Å². The summed E-state index contributed by atoms with van der Waals surface area (Å²) in [5.74, 6) is 0. The largest absolute Gasteiger partial charge is 0.726 e. The quantitative estimate of drug-likeness (QED) is 0.0848. The minimum atomic E-state index is -5.14. The van der Waals surface area contributed by atoms with Crippen molar-refractivity contribution < 1.29 is 75.0 Å². The summed E-state index contributed by atoms with van der Waals surface area (Å²) < 4.78 is 159. The third kappa shape index (κ3) is 22.6. The van der Waals surface area contributed by atoms with Crippen molar-refractivity contribution in [2.45, 2.75) is 40.0 Å². The molecule has 0 rings (SSSR count). The van der Waals surface area contributed by atoms with E-state index in [4.69, 9.17) is 13.7 Å². The lowest BCUT2D eigenvalue weighted by molar-refractivity contribution is -0.185. The van der Waals surface area contributed by atoms with Gasteiger partial charge in [-0.3, -0.25) is 8.37 Å². The number of alkyl halides is 6. The second-order valence-electron chi connectivity index (χ2n) is 10.6. The molecule has 0 spiro atoms. The Morgan fingerprint density at radius 1 is 0.538 bits per heavy atom. The molecule has 2 unspecified atom stereocenters. The molecule has 0 aliphatic heterocycles. The maximum Gasteiger partial charge on any atom is 0.411 e. The van der Waals surface area contributed by atoms with E-state index in [0.29, 0.717) is 0 Å². The first kappa shape index (κ1) is 38.2. The van der Waals surface area contributed by atoms with Crippen LogP contribution >= 0.6 is 0 Å². The molecular weight excluding hydrogens is 594 g/mol. The molecule has 0 aliphatic rings. The maximum atomic E-state index is 12.4. The molecule has 0 fully saturated rings. The van der Waals surface area contributed by atoms with E-state index in [1.54, 1.807) is 13.8 Å². The highest BCUT2D eigenvalue weighted by Gasteiger charge is 2.35. The molecule has 0 bridgehead atoms. The molecule has 0 aromatic rings. The summed E-state index contributed by atoms with van der Waals surface area (Å²) in [5.41, 5.74) is -3.55. The molecule has 0 N–H and O–H groups in total. The van der Waals surface area contributed by atoms with E-state index in [1.807, 2.05) is 0 Å². The van der Waals surface area contributed by atoms with Crippen LogP contribution in [0.4, 0.5) is 26.3 Å². The van der Waals surface area contributed by atoms with Gasteiger partial charge in [-0.1, -0.05) is 27.7 Å². The molecule has 0 amide bonds. The number of hydrogen-bond donors (Lipinski definition) is 0. The first-order chi connectivity index (χ1) is 17.2. The lowest BCUT2D eigenvalue weighted by Gasteiger charge is -2.33. The predicted octanol–water partition coefficient (Wildman–Crippen LogP) is 2.67. The Kier molecular flexibility index (Phi) is 14.6. The summed E-state index contributed by atoms with van der Waals surface area (Å²) in [4.78, 5) is 0. The molecule has 2 atom stereocenters. The van der Waals surface area contributed by atoms with E-state index in [0.717, 1.165) is 6.26 Å². The minimum absolute atomic E-state index is 0.0759. The van der Waals surface area contributed by atoms with Crippen molar-refractivity contribution >= 4 is 20.5 Å². The van der Waals surface area contributed by atoms with E-state index in [2.05, 4.69) is 13.7 Å². The van der Waals surface area contributed by atoms with Crippen molar-refractivity contribution in [3.63, 3.8) is 0 Å². The molecule has 19 heteroatoms. The summed E-state index contributed by atoms with van der Waals surface area (Å²) in [6, 6.07) is 0. The second-order valence-corrected chi connectivity index (χ2v) is 13.3. The minimum Gasteiger partial charge on any atom is -0.726 e. The molecule has 11 nitrogen and oxygen atoms in total. The van der Waals surface area contributed by atoms with Crippen LogP contribution in [0.2, 0.25) is 0 Å². The van der Waals surface area contributed by atoms with Gasteiger partial charge in [-0.2, -0.15) is 34.8 Å². The van der Waals surface area contributed by atoms with E-state index in [1.165, 1.54) is 13.8 Å². The van der Waals surface area contributed by atoms with Crippen LogP contribution in [0.5, 0.6) is 0 Å². The summed E-state index contributed by atoms with van der Waals surface area (Å²) in [6.07, 6.45) is -8.48. The van der Waals surface area contributed by atoms with Crippen molar-refractivity contribution in [2.24, 2.45) is 16.2 Å². The van der Waals surface area contributed by atoms with Crippen LogP contribution in [0, 0.1) is 16.2 Å². The zero-order chi connectivity index (χ0) is 30.8. The van der Waals surface area contributed by atoms with Gasteiger partial charge >= 0.3 is 12.4 Å². The van der Waals surface area contributed by atoms with Gasteiger partial charge in [0, 0.05) is 16.2 Å². The lowest BCUT2D eigenvalue weighted by atomic mass is 9.92. The molecule has 0 aromatic heterocycles. The second kappa shape index (κ2) is 14.9. The van der Waals surface area contributed by atoms with Crippen molar-refractivity contribution in [1.82, 2.24) is 0 Å². The predicted molar refractivity (Wildman–Crippen MR) is 122 cm³/mol. The van der Waals surface area contributed by atoms with E-state index in [-0.39, 0.29) is 26.4 Å². The summed E-state index contributed by atoms with van der Waals surface area (Å²) in [5, 5.41) is 0. The van der Waals surface area contributed by atoms with Crippen LogP contribution in [0.3, 0.4) is 0 Å². The van der Waals surface area contributed by atoms with Gasteiger partial charge in [0.1, 0.15) is 13.2 Å². The Hall–Kier alpha value is -0.800. The Morgan fingerprint density at radius 3 is 1.13 bits per heavy atom. The Balaban J connectivity index is 5.05. The van der Waals surface area contributed by atoms with E-state index in [9.17, 15) is 47.7 Å². The van der Waals surface area contributed by atoms with Crippen LogP contribution in [0.25, 0.3) is 0 Å². The van der Waals surface area contributed by atoms with Gasteiger partial charge in [-0.05, 0) is 0 Å². The van der Waals surface area contributed by atoms with Gasteiger partial charge in [0.2, 0.25) is 10.4 Å². The van der Waals surface area contributed by atoms with Gasteiger partial charge < -0.3 is 23.5 Å². The first-order valence-corrected chi connectivity index (χ1v) is 14.3. The summed E-state index contributed by atoms with van der Waals surface area (Å²) in [7, 11) is -9.06. The Morgan fingerprint density at radius 2 is 0.846 bits per heavy atom. The van der Waals surface area contributed by atoms with Crippen molar-refractivity contribution in [3.05, 3.63) is 0 Å². The fourth-order valence-corrected chi connectivity index (χ4v) is 3.66. The molecule has 236 valence electrons. The normalized spacial score (nSPS) is 17.1. The van der Waals surface area contributed by atoms with Gasteiger partial charge in [0.25, 0.3) is 10.1 Å². The molecule has 39 heavy (non-hydrogen) atoms. The highest BCUT2D eigenvalue weighted by atomic mass is 32.3. The van der Waals surface area contributed by atoms with Gasteiger partial charge in [-0.25, -0.2) is 8.42 Å². The van der Waals surface area contributed by atoms with E-state index >= 15 is 0 Å². The third-order valence-corrected chi connectivity index (χ3v) is 5.44. The van der Waals surface area contributed by atoms with Crippen molar-refractivity contribution in [2.75, 3.05) is 72.3 Å².